The highest BCUT2D eigenvalue weighted by molar-refractivity contribution is 7.98. The first-order valence-corrected chi connectivity index (χ1v) is 6.66. The Hall–Kier alpha value is -1.05. The Balaban J connectivity index is 2.20. The summed E-state index contributed by atoms with van der Waals surface area (Å²) in [4.78, 5) is 10.9. The molecule has 0 aliphatic carbocycles. The Morgan fingerprint density at radius 3 is 3.00 bits per heavy atom. The average Bonchev–Trinajstić information content (AvgIpc) is 2.86. The van der Waals surface area contributed by atoms with Gasteiger partial charge in [-0.3, -0.25) is 0 Å². The number of nitrogens with two attached hydrogens (primary N) is 1. The molecule has 3 N–H and O–H groups in total. The largest absolute Gasteiger partial charge is 0.380 e. The molecule has 1 aromatic heterocycles. The van der Waals surface area contributed by atoms with Crippen LogP contribution in [0.1, 0.15) is 6.42 Å². The molecular formula is C10H17N5OS. The molecule has 0 aromatic carbocycles. The van der Waals surface area contributed by atoms with E-state index in [4.69, 9.17) is 10.6 Å². The maximum Gasteiger partial charge on any atom is 0.191 e. The molecule has 6 nitrogen and oxygen atoms in total. The van der Waals surface area contributed by atoms with Gasteiger partial charge in [-0.25, -0.2) is 15.8 Å². The Morgan fingerprint density at radius 2 is 2.41 bits per heavy atom. The van der Waals surface area contributed by atoms with Crippen LogP contribution in [0, 0.1) is 0 Å². The first-order valence-electron chi connectivity index (χ1n) is 5.44. The number of rotatable bonds is 4. The van der Waals surface area contributed by atoms with E-state index < -0.39 is 0 Å². The third-order valence-corrected chi connectivity index (χ3v) is 3.37. The number of anilines is 2. The van der Waals surface area contributed by atoms with E-state index in [9.17, 15) is 0 Å². The lowest BCUT2D eigenvalue weighted by Crippen LogP contribution is -2.24. The summed E-state index contributed by atoms with van der Waals surface area (Å²) in [7, 11) is 1.74. The number of ether oxygens (including phenoxy) is 1. The van der Waals surface area contributed by atoms with Gasteiger partial charge in [-0.05, 0) is 12.7 Å². The molecule has 1 aromatic rings. The summed E-state index contributed by atoms with van der Waals surface area (Å²) in [6, 6.07) is 1.86. The highest BCUT2D eigenvalue weighted by Gasteiger charge is 2.23. The van der Waals surface area contributed by atoms with E-state index in [2.05, 4.69) is 20.3 Å². The zero-order chi connectivity index (χ0) is 12.3. The van der Waals surface area contributed by atoms with Crippen LogP contribution in [0.5, 0.6) is 0 Å². The number of hydrogen-bond donors (Lipinski definition) is 2. The quantitative estimate of drug-likeness (QED) is 0.355. The van der Waals surface area contributed by atoms with E-state index >= 15 is 0 Å². The standard InChI is InChI=1S/C10H17N5OS/c1-16-7-3-4-15(6-7)9-5-8(14-11)12-10(13-9)17-2/h5,7H,3-4,6,11H2,1-2H3,(H,12,13,14). The predicted molar refractivity (Wildman–Crippen MR) is 69.3 cm³/mol. The monoisotopic (exact) mass is 255 g/mol. The zero-order valence-electron chi connectivity index (χ0n) is 10.0. The smallest absolute Gasteiger partial charge is 0.191 e. The molecule has 1 saturated heterocycles. The Kier molecular flexibility index (Phi) is 4.03. The molecular weight excluding hydrogens is 238 g/mol. The highest BCUT2D eigenvalue weighted by atomic mass is 32.2. The maximum atomic E-state index is 5.40. The van der Waals surface area contributed by atoms with E-state index in [1.807, 2.05) is 12.3 Å². The number of methoxy groups -OCH3 is 1. The predicted octanol–water partition coefficient (Wildman–Crippen LogP) is 0.709. The fraction of sp³-hybridized carbons (Fsp3) is 0.600. The van der Waals surface area contributed by atoms with Crippen molar-refractivity contribution in [2.24, 2.45) is 5.84 Å². The van der Waals surface area contributed by atoms with Gasteiger partial charge in [-0.2, -0.15) is 0 Å². The molecule has 0 spiro atoms. The third kappa shape index (κ3) is 2.80. The van der Waals surface area contributed by atoms with Crippen LogP contribution >= 0.6 is 11.8 Å². The minimum Gasteiger partial charge on any atom is -0.380 e. The second kappa shape index (κ2) is 5.52. The minimum absolute atomic E-state index is 0.289. The molecule has 0 amide bonds. The number of thioether (sulfide) groups is 1. The maximum absolute atomic E-state index is 5.40. The molecule has 17 heavy (non-hydrogen) atoms. The summed E-state index contributed by atoms with van der Waals surface area (Å²) < 4.78 is 5.35. The van der Waals surface area contributed by atoms with Gasteiger partial charge < -0.3 is 15.1 Å². The van der Waals surface area contributed by atoms with E-state index in [1.54, 1.807) is 7.11 Å². The van der Waals surface area contributed by atoms with E-state index in [0.29, 0.717) is 5.82 Å². The molecule has 0 saturated carbocycles. The van der Waals surface area contributed by atoms with Crippen molar-refractivity contribution in [2.45, 2.75) is 17.7 Å². The summed E-state index contributed by atoms with van der Waals surface area (Å²) >= 11 is 1.50. The second-order valence-electron chi connectivity index (χ2n) is 3.83. The van der Waals surface area contributed by atoms with Crippen LogP contribution in [0.4, 0.5) is 11.6 Å². The van der Waals surface area contributed by atoms with Crippen molar-refractivity contribution in [3.05, 3.63) is 6.07 Å². The molecule has 2 heterocycles. The van der Waals surface area contributed by atoms with Crippen LogP contribution in [-0.4, -0.2) is 42.5 Å². The van der Waals surface area contributed by atoms with Gasteiger partial charge in [-0.1, -0.05) is 11.8 Å². The molecule has 94 valence electrons. The van der Waals surface area contributed by atoms with Gasteiger partial charge in [0.25, 0.3) is 0 Å². The topological polar surface area (TPSA) is 76.3 Å². The van der Waals surface area contributed by atoms with E-state index in [0.717, 1.165) is 30.5 Å². The summed E-state index contributed by atoms with van der Waals surface area (Å²) in [5.41, 5.74) is 2.57. The lowest BCUT2D eigenvalue weighted by atomic mass is 10.3. The van der Waals surface area contributed by atoms with Gasteiger partial charge in [0.2, 0.25) is 0 Å². The van der Waals surface area contributed by atoms with Crippen LogP contribution in [0.2, 0.25) is 0 Å². The SMILES string of the molecule is COC1CCN(c2cc(NN)nc(SC)n2)C1. The van der Waals surface area contributed by atoms with Gasteiger partial charge in [0.15, 0.2) is 5.16 Å². The number of hydrazine groups is 1. The number of nitrogens with zero attached hydrogens (tertiary/aromatic N) is 3. The van der Waals surface area contributed by atoms with E-state index in [-0.39, 0.29) is 6.10 Å². The zero-order valence-corrected chi connectivity index (χ0v) is 10.8. The van der Waals surface area contributed by atoms with Crippen LogP contribution in [0.15, 0.2) is 11.2 Å². The minimum atomic E-state index is 0.289. The molecule has 1 fully saturated rings. The van der Waals surface area contributed by atoms with Crippen LogP contribution in [-0.2, 0) is 4.74 Å². The second-order valence-corrected chi connectivity index (χ2v) is 4.61. The fourth-order valence-electron chi connectivity index (χ4n) is 1.87. The van der Waals surface area contributed by atoms with Crippen molar-refractivity contribution >= 4 is 23.4 Å². The lowest BCUT2D eigenvalue weighted by Gasteiger charge is -2.18. The van der Waals surface area contributed by atoms with Crippen LogP contribution < -0.4 is 16.2 Å². The van der Waals surface area contributed by atoms with Gasteiger partial charge in [0.05, 0.1) is 6.10 Å². The van der Waals surface area contributed by atoms with Gasteiger partial charge in [0.1, 0.15) is 11.6 Å². The summed E-state index contributed by atoms with van der Waals surface area (Å²) in [5.74, 6) is 6.94. The van der Waals surface area contributed by atoms with Crippen molar-refractivity contribution in [3.63, 3.8) is 0 Å². The van der Waals surface area contributed by atoms with Crippen molar-refractivity contribution in [3.8, 4) is 0 Å². The first-order chi connectivity index (χ1) is 8.26. The van der Waals surface area contributed by atoms with Crippen LogP contribution in [0.25, 0.3) is 0 Å². The van der Waals surface area contributed by atoms with Crippen molar-refractivity contribution in [1.29, 1.82) is 0 Å². The fourth-order valence-corrected chi connectivity index (χ4v) is 2.24. The molecule has 0 bridgehead atoms. The van der Waals surface area contributed by atoms with Crippen molar-refractivity contribution in [1.82, 2.24) is 9.97 Å². The number of nitrogens with one attached hydrogen (secondary N) is 1. The molecule has 1 unspecified atom stereocenters. The molecule has 1 atom stereocenters. The van der Waals surface area contributed by atoms with Crippen LogP contribution in [0.3, 0.4) is 0 Å². The lowest BCUT2D eigenvalue weighted by molar-refractivity contribution is 0.121. The Labute approximate surface area is 105 Å². The summed E-state index contributed by atoms with van der Waals surface area (Å²) in [6.07, 6.45) is 3.26. The van der Waals surface area contributed by atoms with Crippen molar-refractivity contribution < 1.29 is 4.74 Å². The third-order valence-electron chi connectivity index (χ3n) is 2.82. The summed E-state index contributed by atoms with van der Waals surface area (Å²) in [5, 5.41) is 0.719. The molecule has 0 radical (unpaired) electrons. The number of hydrogen-bond acceptors (Lipinski definition) is 7. The van der Waals surface area contributed by atoms with Gasteiger partial charge >= 0.3 is 0 Å². The normalized spacial score (nSPS) is 19.7. The number of nitrogen functional groups attached to an aromatic ring is 1. The molecule has 2 rings (SSSR count). The number of aromatic nitrogens is 2. The Bertz CT molecular complexity index is 367. The highest BCUT2D eigenvalue weighted by Crippen LogP contribution is 2.23. The van der Waals surface area contributed by atoms with Gasteiger partial charge in [0, 0.05) is 26.3 Å². The van der Waals surface area contributed by atoms with Gasteiger partial charge in [-0.15, -0.1) is 0 Å². The summed E-state index contributed by atoms with van der Waals surface area (Å²) in [6.45, 7) is 1.82. The Morgan fingerprint density at radius 1 is 1.59 bits per heavy atom. The molecule has 1 aliphatic rings. The average molecular weight is 255 g/mol. The molecule has 7 heteroatoms. The first kappa shape index (κ1) is 12.4. The van der Waals surface area contributed by atoms with E-state index in [1.165, 1.54) is 11.8 Å². The van der Waals surface area contributed by atoms with Crippen molar-refractivity contribution in [2.75, 3.05) is 36.8 Å². The molecule has 1 aliphatic heterocycles.